The molecule has 0 aliphatic rings. The predicted octanol–water partition coefficient (Wildman–Crippen LogP) is 3.59. The van der Waals surface area contributed by atoms with Gasteiger partial charge in [0.2, 0.25) is 5.91 Å². The molecular weight excluding hydrogens is 303 g/mol. The van der Waals surface area contributed by atoms with Gasteiger partial charge in [-0.2, -0.15) is 0 Å². The van der Waals surface area contributed by atoms with Crippen molar-refractivity contribution in [2.45, 2.75) is 31.6 Å². The van der Waals surface area contributed by atoms with Gasteiger partial charge in [-0.1, -0.05) is 48.9 Å². The van der Waals surface area contributed by atoms with Crippen molar-refractivity contribution in [3.8, 4) is 0 Å². The molecule has 2 aromatic carbocycles. The Bertz CT molecular complexity index is 613. The number of amides is 1. The number of carbonyl (C=O) groups excluding carboxylic acids is 1. The number of unbranched alkanes of at least 4 members (excludes halogenated alkanes) is 2. The monoisotopic (exact) mass is 328 g/mol. The maximum absolute atomic E-state index is 13.2. The molecule has 0 aliphatic heterocycles. The zero-order valence-corrected chi connectivity index (χ0v) is 13.9. The highest BCUT2D eigenvalue weighted by Crippen LogP contribution is 2.28. The molecular formula is C20H25FN2O. The van der Waals surface area contributed by atoms with E-state index in [1.807, 2.05) is 30.3 Å². The van der Waals surface area contributed by atoms with Crippen LogP contribution in [0.4, 0.5) is 4.39 Å². The standard InChI is InChI=1S/C20H25FN2O/c21-18-11-9-17(10-12-18)19(16-7-3-1-4-8-16)15-20(24)23-14-6-2-5-13-22/h1,3-4,7-12,19H,2,5-6,13-15,22H2,(H,23,24)/t19-/m0/s1. The summed E-state index contributed by atoms with van der Waals surface area (Å²) in [5.41, 5.74) is 7.46. The first kappa shape index (κ1) is 18.1. The Kier molecular flexibility index (Phi) is 7.43. The second-order valence-corrected chi connectivity index (χ2v) is 5.92. The summed E-state index contributed by atoms with van der Waals surface area (Å²) in [6.45, 7) is 1.36. The molecule has 0 aliphatic carbocycles. The Labute approximate surface area is 143 Å². The number of halogens is 1. The van der Waals surface area contributed by atoms with Crippen molar-refractivity contribution in [2.75, 3.05) is 13.1 Å². The number of hydrogen-bond donors (Lipinski definition) is 2. The van der Waals surface area contributed by atoms with E-state index in [0.717, 1.165) is 30.4 Å². The minimum Gasteiger partial charge on any atom is -0.356 e. The molecule has 0 saturated carbocycles. The van der Waals surface area contributed by atoms with Crippen LogP contribution in [0.3, 0.4) is 0 Å². The van der Waals surface area contributed by atoms with E-state index in [9.17, 15) is 9.18 Å². The zero-order valence-electron chi connectivity index (χ0n) is 13.9. The summed E-state index contributed by atoms with van der Waals surface area (Å²) < 4.78 is 13.2. The first-order valence-electron chi connectivity index (χ1n) is 8.48. The highest BCUT2D eigenvalue weighted by atomic mass is 19.1. The summed E-state index contributed by atoms with van der Waals surface area (Å²) in [5.74, 6) is -0.327. The molecule has 0 heterocycles. The summed E-state index contributed by atoms with van der Waals surface area (Å²) in [7, 11) is 0. The van der Waals surface area contributed by atoms with E-state index >= 15 is 0 Å². The molecule has 0 spiro atoms. The smallest absolute Gasteiger partial charge is 0.220 e. The Hall–Kier alpha value is -2.20. The molecule has 2 aromatic rings. The van der Waals surface area contributed by atoms with Crippen LogP contribution < -0.4 is 11.1 Å². The van der Waals surface area contributed by atoms with Gasteiger partial charge in [0.05, 0.1) is 0 Å². The van der Waals surface area contributed by atoms with E-state index in [1.165, 1.54) is 12.1 Å². The molecule has 0 fully saturated rings. The molecule has 3 N–H and O–H groups in total. The topological polar surface area (TPSA) is 55.1 Å². The van der Waals surface area contributed by atoms with Crippen LogP contribution in [0.2, 0.25) is 0 Å². The molecule has 2 rings (SSSR count). The maximum atomic E-state index is 13.2. The highest BCUT2D eigenvalue weighted by molar-refractivity contribution is 5.77. The van der Waals surface area contributed by atoms with Crippen LogP contribution in [0.15, 0.2) is 54.6 Å². The normalized spacial score (nSPS) is 11.9. The third kappa shape index (κ3) is 5.78. The highest BCUT2D eigenvalue weighted by Gasteiger charge is 2.18. The number of rotatable bonds is 9. The minimum atomic E-state index is -0.269. The molecule has 24 heavy (non-hydrogen) atoms. The van der Waals surface area contributed by atoms with Crippen molar-refractivity contribution >= 4 is 5.91 Å². The second kappa shape index (κ2) is 9.83. The third-order valence-corrected chi connectivity index (χ3v) is 4.07. The van der Waals surface area contributed by atoms with E-state index < -0.39 is 0 Å². The quantitative estimate of drug-likeness (QED) is 0.691. The summed E-state index contributed by atoms with van der Waals surface area (Å²) >= 11 is 0. The summed E-state index contributed by atoms with van der Waals surface area (Å²) in [5, 5.41) is 2.97. The van der Waals surface area contributed by atoms with Gasteiger partial charge in [-0.05, 0) is 42.6 Å². The van der Waals surface area contributed by atoms with Gasteiger partial charge in [-0.15, -0.1) is 0 Å². The summed E-state index contributed by atoms with van der Waals surface area (Å²) in [6.07, 6.45) is 3.30. The number of hydrogen-bond acceptors (Lipinski definition) is 2. The summed E-state index contributed by atoms with van der Waals surface area (Å²) in [6, 6.07) is 16.2. The molecule has 0 radical (unpaired) electrons. The van der Waals surface area contributed by atoms with Crippen molar-refractivity contribution in [1.82, 2.24) is 5.32 Å². The van der Waals surface area contributed by atoms with Crippen molar-refractivity contribution < 1.29 is 9.18 Å². The van der Waals surface area contributed by atoms with Crippen molar-refractivity contribution in [2.24, 2.45) is 5.73 Å². The van der Waals surface area contributed by atoms with E-state index in [1.54, 1.807) is 12.1 Å². The van der Waals surface area contributed by atoms with Crippen LogP contribution >= 0.6 is 0 Å². The van der Waals surface area contributed by atoms with Crippen LogP contribution in [0.25, 0.3) is 0 Å². The van der Waals surface area contributed by atoms with Crippen LogP contribution in [0, 0.1) is 5.82 Å². The lowest BCUT2D eigenvalue weighted by Gasteiger charge is -2.18. The van der Waals surface area contributed by atoms with Crippen LogP contribution in [-0.4, -0.2) is 19.0 Å². The Morgan fingerprint density at radius 2 is 1.62 bits per heavy atom. The van der Waals surface area contributed by atoms with Gasteiger partial charge >= 0.3 is 0 Å². The van der Waals surface area contributed by atoms with Crippen molar-refractivity contribution in [3.05, 3.63) is 71.5 Å². The number of nitrogens with two attached hydrogens (primary N) is 1. The van der Waals surface area contributed by atoms with Gasteiger partial charge in [0.25, 0.3) is 0 Å². The number of benzene rings is 2. The van der Waals surface area contributed by atoms with Crippen LogP contribution in [0.1, 0.15) is 42.7 Å². The lowest BCUT2D eigenvalue weighted by atomic mass is 9.88. The van der Waals surface area contributed by atoms with Crippen LogP contribution in [-0.2, 0) is 4.79 Å². The van der Waals surface area contributed by atoms with Crippen molar-refractivity contribution in [1.29, 1.82) is 0 Å². The molecule has 0 bridgehead atoms. The Morgan fingerprint density at radius 3 is 2.29 bits per heavy atom. The Balaban J connectivity index is 2.01. The predicted molar refractivity (Wildman–Crippen MR) is 95.2 cm³/mol. The van der Waals surface area contributed by atoms with Gasteiger partial charge in [0.1, 0.15) is 5.82 Å². The first-order valence-corrected chi connectivity index (χ1v) is 8.48. The minimum absolute atomic E-state index is 0.0147. The van der Waals surface area contributed by atoms with Crippen molar-refractivity contribution in [3.63, 3.8) is 0 Å². The van der Waals surface area contributed by atoms with E-state index in [0.29, 0.717) is 19.5 Å². The summed E-state index contributed by atoms with van der Waals surface area (Å²) in [4.78, 5) is 12.3. The Morgan fingerprint density at radius 1 is 0.958 bits per heavy atom. The van der Waals surface area contributed by atoms with Gasteiger partial charge < -0.3 is 11.1 Å². The third-order valence-electron chi connectivity index (χ3n) is 4.07. The van der Waals surface area contributed by atoms with Gasteiger partial charge in [-0.25, -0.2) is 4.39 Å². The largest absolute Gasteiger partial charge is 0.356 e. The SMILES string of the molecule is NCCCCCNC(=O)C[C@@H](c1ccccc1)c1ccc(F)cc1. The van der Waals surface area contributed by atoms with E-state index in [2.05, 4.69) is 5.32 Å². The van der Waals surface area contributed by atoms with Gasteiger partial charge in [0, 0.05) is 18.9 Å². The van der Waals surface area contributed by atoms with Crippen LogP contribution in [0.5, 0.6) is 0 Å². The first-order chi connectivity index (χ1) is 11.7. The lowest BCUT2D eigenvalue weighted by molar-refractivity contribution is -0.121. The van der Waals surface area contributed by atoms with E-state index in [-0.39, 0.29) is 17.6 Å². The molecule has 0 aromatic heterocycles. The average Bonchev–Trinajstić information content (AvgIpc) is 2.61. The fraction of sp³-hybridized carbons (Fsp3) is 0.350. The molecule has 3 nitrogen and oxygen atoms in total. The zero-order chi connectivity index (χ0) is 17.2. The van der Waals surface area contributed by atoms with E-state index in [4.69, 9.17) is 5.73 Å². The molecule has 0 unspecified atom stereocenters. The van der Waals surface area contributed by atoms with Gasteiger partial charge in [-0.3, -0.25) is 4.79 Å². The number of nitrogens with one attached hydrogen (secondary N) is 1. The molecule has 4 heteroatoms. The number of carbonyl (C=O) groups is 1. The fourth-order valence-electron chi connectivity index (χ4n) is 2.74. The lowest BCUT2D eigenvalue weighted by Crippen LogP contribution is -2.26. The molecule has 0 saturated heterocycles. The molecule has 1 atom stereocenters. The molecule has 1 amide bonds. The second-order valence-electron chi connectivity index (χ2n) is 5.92. The maximum Gasteiger partial charge on any atom is 0.220 e. The molecule has 128 valence electrons. The fourth-order valence-corrected chi connectivity index (χ4v) is 2.74. The average molecular weight is 328 g/mol. The van der Waals surface area contributed by atoms with Gasteiger partial charge in [0.15, 0.2) is 0 Å².